The van der Waals surface area contributed by atoms with E-state index in [2.05, 4.69) is 14.9 Å². The first-order valence-corrected chi connectivity index (χ1v) is 11.2. The van der Waals surface area contributed by atoms with Crippen molar-refractivity contribution in [1.29, 1.82) is 0 Å². The molecule has 1 aromatic rings. The highest BCUT2D eigenvalue weighted by Crippen LogP contribution is 2.40. The van der Waals surface area contributed by atoms with Crippen LogP contribution in [-0.2, 0) is 20.0 Å². The smallest absolute Gasteiger partial charge is 0.244 e. The monoisotopic (exact) mass is 444 g/mol. The van der Waals surface area contributed by atoms with Crippen LogP contribution in [0.4, 0.5) is 5.69 Å². The van der Waals surface area contributed by atoms with Gasteiger partial charge in [0.1, 0.15) is 15.5 Å². The number of halogens is 2. The van der Waals surface area contributed by atoms with E-state index in [4.69, 9.17) is 16.7 Å². The Bertz CT molecular complexity index is 911. The minimum absolute atomic E-state index is 0. The molecule has 12 heteroatoms. The lowest BCUT2D eigenvalue weighted by atomic mass is 9.85. The number of benzene rings is 1. The van der Waals surface area contributed by atoms with Crippen LogP contribution < -0.4 is 15.2 Å². The van der Waals surface area contributed by atoms with E-state index in [-0.39, 0.29) is 22.3 Å². The third kappa shape index (κ3) is 3.96. The molecule has 1 aromatic carbocycles. The molecule has 148 valence electrons. The van der Waals surface area contributed by atoms with Crippen LogP contribution in [0.3, 0.4) is 0 Å². The summed E-state index contributed by atoms with van der Waals surface area (Å²) in [5.74, 6) is 0. The van der Waals surface area contributed by atoms with Crippen LogP contribution in [-0.4, -0.2) is 47.5 Å². The van der Waals surface area contributed by atoms with E-state index in [0.29, 0.717) is 24.6 Å². The number of primary sulfonamides is 1. The Morgan fingerprint density at radius 2 is 1.85 bits per heavy atom. The molecular weight excluding hydrogens is 423 g/mol. The molecule has 0 saturated heterocycles. The van der Waals surface area contributed by atoms with Crippen molar-refractivity contribution in [2.45, 2.75) is 47.2 Å². The summed E-state index contributed by atoms with van der Waals surface area (Å²) in [6.07, 6.45) is 2.90. The molecule has 0 atom stereocenters. The van der Waals surface area contributed by atoms with Crippen molar-refractivity contribution in [2.24, 2.45) is 5.14 Å². The van der Waals surface area contributed by atoms with Crippen molar-refractivity contribution in [1.82, 2.24) is 9.62 Å². The van der Waals surface area contributed by atoms with Crippen LogP contribution >= 0.6 is 24.0 Å². The highest BCUT2D eigenvalue weighted by atomic mass is 35.5. The second-order valence-electron chi connectivity index (χ2n) is 6.83. The van der Waals surface area contributed by atoms with Crippen LogP contribution in [0.1, 0.15) is 25.7 Å². The Balaban J connectivity index is 0.00000243. The summed E-state index contributed by atoms with van der Waals surface area (Å²) in [6.45, 7) is 0. The number of hydrogen-bond donors (Lipinski definition) is 3. The van der Waals surface area contributed by atoms with Gasteiger partial charge in [0.05, 0.1) is 10.7 Å². The fourth-order valence-electron chi connectivity index (χ4n) is 3.51. The van der Waals surface area contributed by atoms with Crippen LogP contribution in [0.15, 0.2) is 21.9 Å². The number of anilines is 1. The summed E-state index contributed by atoms with van der Waals surface area (Å²) >= 11 is 6.01. The summed E-state index contributed by atoms with van der Waals surface area (Å²) in [4.78, 5) is 1.56. The van der Waals surface area contributed by atoms with Crippen LogP contribution in [0, 0.1) is 0 Å². The fraction of sp³-hybridized carbons (Fsp3) is 0.571. The Kier molecular flexibility index (Phi) is 5.90. The SMILES string of the molecule is CN(C)C1CCC2(CC1)Nc1cc(Cl)c(S(N)(=O)=O)cc1S(=O)(=O)N2.Cl. The molecule has 0 aromatic heterocycles. The van der Waals surface area contributed by atoms with Gasteiger partial charge in [0, 0.05) is 6.04 Å². The Morgan fingerprint density at radius 1 is 1.27 bits per heavy atom. The van der Waals surface area contributed by atoms with Crippen molar-refractivity contribution in [2.75, 3.05) is 19.4 Å². The molecule has 0 amide bonds. The topological polar surface area (TPSA) is 122 Å². The van der Waals surface area contributed by atoms with Gasteiger partial charge in [-0.3, -0.25) is 0 Å². The first-order chi connectivity index (χ1) is 11.4. The third-order valence-electron chi connectivity index (χ3n) is 4.87. The van der Waals surface area contributed by atoms with Crippen LogP contribution in [0.5, 0.6) is 0 Å². The van der Waals surface area contributed by atoms with E-state index in [0.717, 1.165) is 18.9 Å². The molecule has 2 aliphatic rings. The zero-order valence-electron chi connectivity index (χ0n) is 14.3. The molecule has 0 radical (unpaired) electrons. The van der Waals surface area contributed by atoms with Gasteiger partial charge in [-0.05, 0) is 51.9 Å². The quantitative estimate of drug-likeness (QED) is 0.631. The molecule has 4 N–H and O–H groups in total. The zero-order chi connectivity index (χ0) is 18.6. The number of nitrogens with zero attached hydrogens (tertiary/aromatic N) is 1. The van der Waals surface area contributed by atoms with E-state index in [1.54, 1.807) is 0 Å². The molecule has 1 aliphatic heterocycles. The maximum atomic E-state index is 12.7. The minimum atomic E-state index is -4.12. The molecule has 1 aliphatic carbocycles. The Labute approximate surface area is 165 Å². The molecule has 8 nitrogen and oxygen atoms in total. The van der Waals surface area contributed by atoms with E-state index >= 15 is 0 Å². The van der Waals surface area contributed by atoms with Gasteiger partial charge in [0.15, 0.2) is 0 Å². The lowest BCUT2D eigenvalue weighted by Crippen LogP contribution is -2.60. The molecule has 0 bridgehead atoms. The van der Waals surface area contributed by atoms with E-state index in [1.807, 2.05) is 14.1 Å². The summed E-state index contributed by atoms with van der Waals surface area (Å²) < 4.78 is 51.3. The van der Waals surface area contributed by atoms with Gasteiger partial charge in [-0.2, -0.15) is 4.72 Å². The second kappa shape index (κ2) is 7.08. The highest BCUT2D eigenvalue weighted by molar-refractivity contribution is 7.90. The Morgan fingerprint density at radius 3 is 2.35 bits per heavy atom. The van der Waals surface area contributed by atoms with Crippen LogP contribution in [0.25, 0.3) is 0 Å². The minimum Gasteiger partial charge on any atom is -0.365 e. The van der Waals surface area contributed by atoms with Gasteiger partial charge in [0.2, 0.25) is 20.0 Å². The van der Waals surface area contributed by atoms with Crippen molar-refractivity contribution in [3.05, 3.63) is 17.2 Å². The predicted octanol–water partition coefficient (Wildman–Crippen LogP) is 1.31. The van der Waals surface area contributed by atoms with Crippen LogP contribution in [0.2, 0.25) is 5.02 Å². The van der Waals surface area contributed by atoms with E-state index < -0.39 is 30.6 Å². The van der Waals surface area contributed by atoms with Crippen molar-refractivity contribution in [3.8, 4) is 0 Å². The average Bonchev–Trinajstić information content (AvgIpc) is 2.44. The number of rotatable bonds is 2. The van der Waals surface area contributed by atoms with Gasteiger partial charge in [-0.1, -0.05) is 11.6 Å². The molecule has 26 heavy (non-hydrogen) atoms. The lowest BCUT2D eigenvalue weighted by molar-refractivity contribution is 0.176. The standard InChI is InChI=1S/C14H21ClN4O4S2.ClH/c1-19(2)9-3-5-14(6-4-9)17-11-7-10(15)12(24(16,20)21)8-13(11)25(22,23)18-14;/h7-9,17-18H,3-6H2,1-2H3,(H2,16,20,21);1H. The number of nitrogens with two attached hydrogens (primary N) is 1. The summed E-state index contributed by atoms with van der Waals surface area (Å²) in [7, 11) is -4.01. The van der Waals surface area contributed by atoms with Gasteiger partial charge in [-0.25, -0.2) is 22.0 Å². The zero-order valence-corrected chi connectivity index (χ0v) is 17.5. The number of fused-ring (bicyclic) bond motifs is 1. The second-order valence-corrected chi connectivity index (χ2v) is 10.4. The van der Waals surface area contributed by atoms with Crippen molar-refractivity contribution < 1.29 is 16.8 Å². The summed E-state index contributed by atoms with van der Waals surface area (Å²) in [6, 6.07) is 2.71. The first-order valence-electron chi connectivity index (χ1n) is 7.78. The third-order valence-corrected chi connectivity index (χ3v) is 7.82. The fourth-order valence-corrected chi connectivity index (χ4v) is 6.23. The number of nitrogens with one attached hydrogen (secondary N) is 2. The molecule has 1 fully saturated rings. The number of hydrogen-bond acceptors (Lipinski definition) is 6. The maximum Gasteiger partial charge on any atom is 0.244 e. The van der Waals surface area contributed by atoms with Gasteiger partial charge < -0.3 is 10.2 Å². The maximum absolute atomic E-state index is 12.7. The Hall–Kier alpha value is -0.620. The van der Waals surface area contributed by atoms with Gasteiger partial charge in [0.25, 0.3) is 0 Å². The average molecular weight is 445 g/mol. The molecule has 1 spiro atoms. The molecular formula is C14H22Cl2N4O4S2. The van der Waals surface area contributed by atoms with Gasteiger partial charge in [-0.15, -0.1) is 12.4 Å². The first kappa shape index (κ1) is 21.7. The van der Waals surface area contributed by atoms with Crippen molar-refractivity contribution in [3.63, 3.8) is 0 Å². The van der Waals surface area contributed by atoms with Crippen molar-refractivity contribution >= 4 is 49.7 Å². The molecule has 1 saturated carbocycles. The lowest BCUT2D eigenvalue weighted by Gasteiger charge is -2.45. The van der Waals surface area contributed by atoms with Gasteiger partial charge >= 0.3 is 0 Å². The molecule has 0 unspecified atom stereocenters. The summed E-state index contributed by atoms with van der Waals surface area (Å²) in [5, 5.41) is 8.22. The summed E-state index contributed by atoms with van der Waals surface area (Å²) in [5.41, 5.74) is -0.496. The largest absolute Gasteiger partial charge is 0.365 e. The molecule has 1 heterocycles. The normalized spacial score (nSPS) is 27.5. The highest BCUT2D eigenvalue weighted by Gasteiger charge is 2.44. The predicted molar refractivity (Wildman–Crippen MR) is 103 cm³/mol. The van der Waals surface area contributed by atoms with E-state index in [9.17, 15) is 16.8 Å². The van der Waals surface area contributed by atoms with E-state index in [1.165, 1.54) is 6.07 Å². The number of sulfonamides is 2. The molecule has 3 rings (SSSR count).